The monoisotopic (exact) mass is 276 g/mol. The molecule has 110 valence electrons. The fourth-order valence-corrected chi connectivity index (χ4v) is 2.57. The molecule has 1 aromatic carbocycles. The number of carbonyl (C=O) groups is 1. The van der Waals surface area contributed by atoms with E-state index in [1.54, 1.807) is 0 Å². The molecule has 2 rings (SSSR count). The van der Waals surface area contributed by atoms with E-state index in [1.807, 2.05) is 12.1 Å². The van der Waals surface area contributed by atoms with Gasteiger partial charge in [-0.3, -0.25) is 9.69 Å². The summed E-state index contributed by atoms with van der Waals surface area (Å²) in [5.41, 5.74) is 2.12. The van der Waals surface area contributed by atoms with Gasteiger partial charge in [-0.05, 0) is 56.5 Å². The van der Waals surface area contributed by atoms with Crippen LogP contribution in [-0.2, 0) is 11.3 Å². The minimum Gasteiger partial charge on any atom is -0.396 e. The van der Waals surface area contributed by atoms with E-state index in [0.29, 0.717) is 12.8 Å². The zero-order valence-electron chi connectivity index (χ0n) is 12.0. The highest BCUT2D eigenvalue weighted by Crippen LogP contribution is 2.16. The summed E-state index contributed by atoms with van der Waals surface area (Å²) in [6.45, 7) is 3.47. The van der Waals surface area contributed by atoms with Gasteiger partial charge in [0.15, 0.2) is 0 Å². The van der Waals surface area contributed by atoms with Gasteiger partial charge in [0.2, 0.25) is 5.91 Å². The highest BCUT2D eigenvalue weighted by molar-refractivity contribution is 5.90. The molecule has 1 aliphatic heterocycles. The van der Waals surface area contributed by atoms with E-state index in [9.17, 15) is 4.79 Å². The zero-order valence-corrected chi connectivity index (χ0v) is 12.0. The van der Waals surface area contributed by atoms with Crippen molar-refractivity contribution in [3.63, 3.8) is 0 Å². The molecule has 1 fully saturated rings. The summed E-state index contributed by atoms with van der Waals surface area (Å²) < 4.78 is 0. The third-order valence-electron chi connectivity index (χ3n) is 3.63. The van der Waals surface area contributed by atoms with Crippen molar-refractivity contribution in [3.05, 3.63) is 29.8 Å². The smallest absolute Gasteiger partial charge is 0.224 e. The van der Waals surface area contributed by atoms with E-state index >= 15 is 0 Å². The van der Waals surface area contributed by atoms with Gasteiger partial charge in [-0.2, -0.15) is 0 Å². The Morgan fingerprint density at radius 2 is 2.05 bits per heavy atom. The van der Waals surface area contributed by atoms with Crippen molar-refractivity contribution in [2.45, 2.75) is 38.6 Å². The first-order chi connectivity index (χ1) is 9.78. The van der Waals surface area contributed by atoms with Crippen molar-refractivity contribution in [2.75, 3.05) is 25.0 Å². The molecule has 0 radical (unpaired) electrons. The fraction of sp³-hybridized carbons (Fsp3) is 0.562. The minimum atomic E-state index is 0.0248. The normalized spacial score (nSPS) is 15.4. The van der Waals surface area contributed by atoms with Gasteiger partial charge in [-0.1, -0.05) is 12.1 Å². The number of unbranched alkanes of at least 4 members (excludes halogenated alkanes) is 1. The number of amides is 1. The van der Waals surface area contributed by atoms with E-state index < -0.39 is 0 Å². The topological polar surface area (TPSA) is 52.6 Å². The van der Waals surface area contributed by atoms with Gasteiger partial charge in [0, 0.05) is 25.3 Å². The lowest BCUT2D eigenvalue weighted by molar-refractivity contribution is -0.116. The van der Waals surface area contributed by atoms with E-state index in [0.717, 1.165) is 18.7 Å². The van der Waals surface area contributed by atoms with Gasteiger partial charge < -0.3 is 10.4 Å². The molecular formula is C16H24N2O2. The maximum Gasteiger partial charge on any atom is 0.224 e. The Morgan fingerprint density at radius 3 is 2.80 bits per heavy atom. The Labute approximate surface area is 120 Å². The lowest BCUT2D eigenvalue weighted by atomic mass is 10.1. The van der Waals surface area contributed by atoms with Crippen molar-refractivity contribution in [1.82, 2.24) is 4.90 Å². The van der Waals surface area contributed by atoms with Crippen LogP contribution in [0.1, 0.15) is 37.7 Å². The number of aliphatic hydroxyl groups is 1. The van der Waals surface area contributed by atoms with Crippen LogP contribution in [0.15, 0.2) is 24.3 Å². The lowest BCUT2D eigenvalue weighted by Gasteiger charge is -2.15. The van der Waals surface area contributed by atoms with Crippen molar-refractivity contribution >= 4 is 11.6 Å². The molecule has 0 aliphatic carbocycles. The molecule has 1 saturated heterocycles. The number of aliphatic hydroxyl groups excluding tert-OH is 1. The largest absolute Gasteiger partial charge is 0.396 e. The Hall–Kier alpha value is -1.39. The van der Waals surface area contributed by atoms with Crippen molar-refractivity contribution in [3.8, 4) is 0 Å². The predicted octanol–water partition coefficient (Wildman–Crippen LogP) is 2.38. The second-order valence-electron chi connectivity index (χ2n) is 5.41. The predicted molar refractivity (Wildman–Crippen MR) is 80.5 cm³/mol. The standard InChI is InChI=1S/C16H24N2O2/c19-11-4-1-8-16(20)17-15-7-5-6-14(12-15)13-18-9-2-3-10-18/h5-7,12,19H,1-4,8-11,13H2,(H,17,20). The number of rotatable bonds is 7. The summed E-state index contributed by atoms with van der Waals surface area (Å²) in [7, 11) is 0. The molecule has 4 heteroatoms. The van der Waals surface area contributed by atoms with Crippen LogP contribution in [0.4, 0.5) is 5.69 Å². The second kappa shape index (κ2) is 8.02. The molecule has 1 aromatic rings. The molecular weight excluding hydrogens is 252 g/mol. The molecule has 0 atom stereocenters. The summed E-state index contributed by atoms with van der Waals surface area (Å²) >= 11 is 0. The van der Waals surface area contributed by atoms with Gasteiger partial charge in [0.05, 0.1) is 0 Å². The summed E-state index contributed by atoms with van der Waals surface area (Å²) in [5.74, 6) is 0.0248. The highest BCUT2D eigenvalue weighted by Gasteiger charge is 2.12. The third-order valence-corrected chi connectivity index (χ3v) is 3.63. The number of hydrogen-bond acceptors (Lipinski definition) is 3. The Bertz CT molecular complexity index is 428. The molecule has 0 bridgehead atoms. The molecule has 0 aromatic heterocycles. The van der Waals surface area contributed by atoms with E-state index in [1.165, 1.54) is 31.5 Å². The average Bonchev–Trinajstić information content (AvgIpc) is 2.92. The highest BCUT2D eigenvalue weighted by atomic mass is 16.2. The van der Waals surface area contributed by atoms with Gasteiger partial charge in [0.1, 0.15) is 0 Å². The summed E-state index contributed by atoms with van der Waals surface area (Å²) in [5, 5.41) is 11.6. The third kappa shape index (κ3) is 4.94. The SMILES string of the molecule is O=C(CCCCO)Nc1cccc(CN2CCCC2)c1. The van der Waals surface area contributed by atoms with Gasteiger partial charge >= 0.3 is 0 Å². The number of nitrogens with one attached hydrogen (secondary N) is 1. The summed E-state index contributed by atoms with van der Waals surface area (Å²) in [4.78, 5) is 14.2. The Kier molecular flexibility index (Phi) is 6.02. The first-order valence-corrected chi connectivity index (χ1v) is 7.50. The van der Waals surface area contributed by atoms with Crippen LogP contribution < -0.4 is 5.32 Å². The van der Waals surface area contributed by atoms with Crippen LogP contribution in [0.2, 0.25) is 0 Å². The van der Waals surface area contributed by atoms with Crippen LogP contribution in [0.25, 0.3) is 0 Å². The molecule has 1 heterocycles. The molecule has 0 unspecified atom stereocenters. The lowest BCUT2D eigenvalue weighted by Crippen LogP contribution is -2.18. The number of likely N-dealkylation sites (tertiary alicyclic amines) is 1. The minimum absolute atomic E-state index is 0.0248. The summed E-state index contributed by atoms with van der Waals surface area (Å²) in [6, 6.07) is 8.09. The van der Waals surface area contributed by atoms with Crippen molar-refractivity contribution < 1.29 is 9.90 Å². The van der Waals surface area contributed by atoms with E-state index in [2.05, 4.69) is 22.3 Å². The van der Waals surface area contributed by atoms with Crippen molar-refractivity contribution in [2.24, 2.45) is 0 Å². The van der Waals surface area contributed by atoms with E-state index in [4.69, 9.17) is 5.11 Å². The number of nitrogens with zero attached hydrogens (tertiary/aromatic N) is 1. The maximum absolute atomic E-state index is 11.7. The van der Waals surface area contributed by atoms with Gasteiger partial charge in [-0.25, -0.2) is 0 Å². The molecule has 2 N–H and O–H groups in total. The van der Waals surface area contributed by atoms with Crippen LogP contribution >= 0.6 is 0 Å². The molecule has 20 heavy (non-hydrogen) atoms. The second-order valence-corrected chi connectivity index (χ2v) is 5.41. The van der Waals surface area contributed by atoms with Crippen LogP contribution in [0, 0.1) is 0 Å². The number of benzene rings is 1. The molecule has 0 saturated carbocycles. The van der Waals surface area contributed by atoms with Crippen LogP contribution in [-0.4, -0.2) is 35.6 Å². The Balaban J connectivity index is 1.83. The fourth-order valence-electron chi connectivity index (χ4n) is 2.57. The van der Waals surface area contributed by atoms with Crippen LogP contribution in [0.3, 0.4) is 0 Å². The first-order valence-electron chi connectivity index (χ1n) is 7.50. The molecule has 1 amide bonds. The van der Waals surface area contributed by atoms with Gasteiger partial charge in [0.25, 0.3) is 0 Å². The molecule has 0 spiro atoms. The zero-order chi connectivity index (χ0) is 14.2. The Morgan fingerprint density at radius 1 is 1.25 bits per heavy atom. The van der Waals surface area contributed by atoms with Crippen molar-refractivity contribution in [1.29, 1.82) is 0 Å². The first kappa shape index (κ1) is 15.0. The van der Waals surface area contributed by atoms with E-state index in [-0.39, 0.29) is 12.5 Å². The molecule has 1 aliphatic rings. The molecule has 4 nitrogen and oxygen atoms in total. The average molecular weight is 276 g/mol. The maximum atomic E-state index is 11.7. The summed E-state index contributed by atoms with van der Waals surface area (Å²) in [6.07, 6.45) is 4.47. The number of anilines is 1. The van der Waals surface area contributed by atoms with Gasteiger partial charge in [-0.15, -0.1) is 0 Å². The van der Waals surface area contributed by atoms with Crippen LogP contribution in [0.5, 0.6) is 0 Å². The quantitative estimate of drug-likeness (QED) is 0.752. The number of hydrogen-bond donors (Lipinski definition) is 2. The number of carbonyl (C=O) groups excluding carboxylic acids is 1.